The number of ether oxygens (including phenoxy) is 1. The van der Waals surface area contributed by atoms with Crippen LogP contribution in [0, 0.1) is 0 Å². The Labute approximate surface area is 183 Å². The zero-order chi connectivity index (χ0) is 22.2. The van der Waals surface area contributed by atoms with Gasteiger partial charge in [0.05, 0.1) is 29.1 Å². The van der Waals surface area contributed by atoms with Crippen molar-refractivity contribution in [3.63, 3.8) is 0 Å². The molecule has 0 atom stereocenters. The number of aromatic nitrogens is 1. The summed E-state index contributed by atoms with van der Waals surface area (Å²) in [7, 11) is 1.32. The summed E-state index contributed by atoms with van der Waals surface area (Å²) in [5.41, 5.74) is 0.584. The third kappa shape index (κ3) is 4.31. The minimum Gasteiger partial charge on any atom is -0.497 e. The summed E-state index contributed by atoms with van der Waals surface area (Å²) in [6.45, 7) is 0. The molecule has 1 aliphatic heterocycles. The summed E-state index contributed by atoms with van der Waals surface area (Å²) in [6.07, 6.45) is -1.21. The van der Waals surface area contributed by atoms with Gasteiger partial charge in [-0.05, 0) is 46.9 Å². The predicted octanol–water partition coefficient (Wildman–Crippen LogP) is 4.01. The van der Waals surface area contributed by atoms with Gasteiger partial charge in [-0.2, -0.15) is 28.4 Å². The summed E-state index contributed by atoms with van der Waals surface area (Å²) in [6, 6.07) is 9.21. The summed E-state index contributed by atoms with van der Waals surface area (Å²) in [5.74, 6) is -0.0800. The van der Waals surface area contributed by atoms with E-state index >= 15 is 0 Å². The van der Waals surface area contributed by atoms with Gasteiger partial charge in [0.15, 0.2) is 4.34 Å². The lowest BCUT2D eigenvalue weighted by atomic mass is 9.96. The Balaban J connectivity index is 1.94. The topological polar surface area (TPSA) is 67.1 Å². The molecular formula is C21H16F3N3O2S2. The maximum Gasteiger partial charge on any atom is 0.416 e. The number of thioether (sulfide) groups is 1. The van der Waals surface area contributed by atoms with Gasteiger partial charge in [-0.25, -0.2) is 0 Å². The molecule has 1 N–H and O–H groups in total. The first-order valence-corrected chi connectivity index (χ1v) is 11.1. The molecule has 0 saturated heterocycles. The average Bonchev–Trinajstić information content (AvgIpc) is 3.37. The summed E-state index contributed by atoms with van der Waals surface area (Å²) in [5, 5.41) is 19.7. The molecule has 10 heteroatoms. The molecule has 0 bridgehead atoms. The van der Waals surface area contributed by atoms with Crippen LogP contribution >= 0.6 is 23.1 Å². The van der Waals surface area contributed by atoms with Crippen LogP contribution in [-0.2, 0) is 12.6 Å². The molecule has 31 heavy (non-hydrogen) atoms. The number of hydrogen-bond acceptors (Lipinski definition) is 7. The first-order chi connectivity index (χ1) is 14.8. The van der Waals surface area contributed by atoms with Crippen LogP contribution in [0.5, 0.6) is 11.6 Å². The number of hydrogen-bond donors (Lipinski definition) is 1. The van der Waals surface area contributed by atoms with E-state index in [0.29, 0.717) is 25.4 Å². The third-order valence-electron chi connectivity index (χ3n) is 4.77. The second-order valence-electron chi connectivity index (χ2n) is 6.63. The molecule has 160 valence electrons. The van der Waals surface area contributed by atoms with Crippen LogP contribution in [0.15, 0.2) is 50.9 Å². The molecule has 0 spiro atoms. The van der Waals surface area contributed by atoms with Gasteiger partial charge in [0.1, 0.15) is 5.75 Å². The van der Waals surface area contributed by atoms with E-state index in [-0.39, 0.29) is 23.6 Å². The minimum atomic E-state index is -4.56. The maximum atomic E-state index is 13.8. The van der Waals surface area contributed by atoms with Gasteiger partial charge in [0, 0.05) is 12.0 Å². The Morgan fingerprint density at radius 3 is 2.68 bits per heavy atom. The molecule has 0 amide bonds. The molecule has 0 aliphatic carbocycles. The fourth-order valence-electron chi connectivity index (χ4n) is 3.27. The fourth-order valence-corrected chi connectivity index (χ4v) is 4.79. The number of thiazole rings is 1. The van der Waals surface area contributed by atoms with E-state index in [0.717, 1.165) is 11.6 Å². The number of halogens is 3. The molecule has 0 saturated carbocycles. The van der Waals surface area contributed by atoms with Gasteiger partial charge in [-0.15, -0.1) is 11.3 Å². The number of alkyl halides is 3. The van der Waals surface area contributed by atoms with E-state index < -0.39 is 11.7 Å². The number of nitrogens with zero attached hydrogens (tertiary/aromatic N) is 3. The van der Waals surface area contributed by atoms with Gasteiger partial charge >= 0.3 is 6.18 Å². The first-order valence-electron chi connectivity index (χ1n) is 9.02. The van der Waals surface area contributed by atoms with Crippen molar-refractivity contribution in [2.75, 3.05) is 13.4 Å². The average molecular weight is 464 g/mol. The van der Waals surface area contributed by atoms with Crippen LogP contribution in [0.2, 0.25) is 0 Å². The summed E-state index contributed by atoms with van der Waals surface area (Å²) < 4.78 is 46.9. The number of methoxy groups -OCH3 is 1. The van der Waals surface area contributed by atoms with Gasteiger partial charge in [0.2, 0.25) is 5.88 Å². The monoisotopic (exact) mass is 463 g/mol. The standard InChI is InChI=1S/C21H16F3N3O2S2/c1-29-14-5-3-12(16(9-14)21(22,23)24)8-15(18-19(28)26-20(30-2)31-18)11-4-6-17-13(7-11)10-25-27-17/h3-7,9-10,28H,8H2,1-2H3. The van der Waals surface area contributed by atoms with Crippen molar-refractivity contribution in [3.05, 3.63) is 68.5 Å². The van der Waals surface area contributed by atoms with Crippen molar-refractivity contribution in [1.82, 2.24) is 4.98 Å². The molecule has 2 aromatic carbocycles. The normalized spacial score (nSPS) is 13.7. The second-order valence-corrected chi connectivity index (χ2v) is 8.68. The molecule has 5 nitrogen and oxygen atoms in total. The Kier molecular flexibility index (Phi) is 5.76. The van der Waals surface area contributed by atoms with Crippen molar-refractivity contribution in [2.24, 2.45) is 10.2 Å². The van der Waals surface area contributed by atoms with E-state index in [1.54, 1.807) is 24.4 Å². The first kappa shape index (κ1) is 21.4. The molecule has 0 radical (unpaired) electrons. The summed E-state index contributed by atoms with van der Waals surface area (Å²) >= 11 is 2.59. The minimum absolute atomic E-state index is 0.0600. The molecule has 1 aliphatic rings. The predicted molar refractivity (Wildman–Crippen MR) is 115 cm³/mol. The molecule has 3 aromatic rings. The molecule has 4 rings (SSSR count). The second kappa shape index (κ2) is 8.35. The number of aromatic hydroxyl groups is 1. The highest BCUT2D eigenvalue weighted by Crippen LogP contribution is 2.39. The van der Waals surface area contributed by atoms with Crippen molar-refractivity contribution in [2.45, 2.75) is 16.9 Å². The highest BCUT2D eigenvalue weighted by atomic mass is 32.2. The SMILES string of the molecule is COc1ccc(CC(c2sc(SC)nc2O)=c2ccc3c(c2)C=NN=3)c(C(F)(F)F)c1. The van der Waals surface area contributed by atoms with Crippen LogP contribution in [0.1, 0.15) is 21.6 Å². The van der Waals surface area contributed by atoms with Crippen molar-refractivity contribution < 1.29 is 23.0 Å². The van der Waals surface area contributed by atoms with Gasteiger partial charge < -0.3 is 9.84 Å². The fraction of sp³-hybridized carbons (Fsp3) is 0.190. The maximum absolute atomic E-state index is 13.8. The van der Waals surface area contributed by atoms with E-state index in [2.05, 4.69) is 15.2 Å². The molecular weight excluding hydrogens is 447 g/mol. The smallest absolute Gasteiger partial charge is 0.416 e. The lowest BCUT2D eigenvalue weighted by molar-refractivity contribution is -0.138. The van der Waals surface area contributed by atoms with Crippen LogP contribution in [0.25, 0.3) is 5.57 Å². The number of benzene rings is 2. The van der Waals surface area contributed by atoms with Crippen LogP contribution < -0.4 is 15.3 Å². The Bertz CT molecular complexity index is 1300. The Morgan fingerprint density at radius 2 is 2.00 bits per heavy atom. The molecule has 0 fully saturated rings. The van der Waals surface area contributed by atoms with E-state index in [9.17, 15) is 18.3 Å². The lowest BCUT2D eigenvalue weighted by Gasteiger charge is -2.15. The molecule has 2 heterocycles. The summed E-state index contributed by atoms with van der Waals surface area (Å²) in [4.78, 5) is 4.55. The molecule has 0 unspecified atom stereocenters. The van der Waals surface area contributed by atoms with Crippen LogP contribution in [-0.4, -0.2) is 29.7 Å². The van der Waals surface area contributed by atoms with Crippen LogP contribution in [0.3, 0.4) is 0 Å². The van der Waals surface area contributed by atoms with E-state index in [1.165, 1.54) is 42.3 Å². The van der Waals surface area contributed by atoms with Crippen molar-refractivity contribution in [1.29, 1.82) is 0 Å². The third-order valence-corrected chi connectivity index (χ3v) is 6.86. The Hall–Kier alpha value is -2.85. The van der Waals surface area contributed by atoms with Crippen LogP contribution in [0.4, 0.5) is 13.2 Å². The lowest BCUT2D eigenvalue weighted by Crippen LogP contribution is -2.17. The number of fused-ring (bicyclic) bond motifs is 1. The van der Waals surface area contributed by atoms with E-state index in [4.69, 9.17) is 4.74 Å². The zero-order valence-electron chi connectivity index (χ0n) is 16.4. The van der Waals surface area contributed by atoms with Gasteiger partial charge in [0.25, 0.3) is 0 Å². The van der Waals surface area contributed by atoms with Crippen molar-refractivity contribution >= 4 is 34.9 Å². The van der Waals surface area contributed by atoms with Gasteiger partial charge in [-0.3, -0.25) is 0 Å². The van der Waals surface area contributed by atoms with Crippen molar-refractivity contribution in [3.8, 4) is 11.6 Å². The largest absolute Gasteiger partial charge is 0.497 e. The van der Waals surface area contributed by atoms with Gasteiger partial charge in [-0.1, -0.05) is 23.9 Å². The quantitative estimate of drug-likeness (QED) is 0.581. The Morgan fingerprint density at radius 1 is 1.19 bits per heavy atom. The van der Waals surface area contributed by atoms with E-state index in [1.807, 2.05) is 6.26 Å². The number of rotatable bonds is 5. The highest BCUT2D eigenvalue weighted by molar-refractivity contribution is 8.00. The highest BCUT2D eigenvalue weighted by Gasteiger charge is 2.34. The zero-order valence-corrected chi connectivity index (χ0v) is 18.0. The molecule has 1 aromatic heterocycles.